The molecule has 332 valence electrons. The average molecular weight is 857 g/mol. The summed E-state index contributed by atoms with van der Waals surface area (Å²) in [6, 6.07) is 32.0. The van der Waals surface area contributed by atoms with Crippen molar-refractivity contribution in [2.45, 2.75) is 134 Å². The number of rotatable bonds is 12. The fraction of sp³-hybridized carbons (Fsp3) is 0.451. The van der Waals surface area contributed by atoms with Crippen LogP contribution in [-0.4, -0.2) is 75.0 Å². The van der Waals surface area contributed by atoms with Crippen molar-refractivity contribution >= 4 is 23.8 Å². The minimum absolute atomic E-state index is 0.0436. The van der Waals surface area contributed by atoms with Crippen LogP contribution in [-0.2, 0) is 48.4 Å². The Balaban J connectivity index is 0.993. The van der Waals surface area contributed by atoms with Crippen molar-refractivity contribution in [2.24, 2.45) is 5.92 Å². The molecule has 0 radical (unpaired) electrons. The predicted molar refractivity (Wildman–Crippen MR) is 237 cm³/mol. The van der Waals surface area contributed by atoms with Gasteiger partial charge in [-0.3, -0.25) is 24.2 Å². The zero-order chi connectivity index (χ0) is 44.1. The molecular weight excluding hydrogens is 797 g/mol. The number of carbonyl (C=O) groups is 4. The average Bonchev–Trinajstić information content (AvgIpc) is 3.55. The van der Waals surface area contributed by atoms with Gasteiger partial charge in [0.2, 0.25) is 11.8 Å². The molecule has 63 heavy (non-hydrogen) atoms. The van der Waals surface area contributed by atoms with Gasteiger partial charge in [-0.25, -0.2) is 4.79 Å². The topological polar surface area (TPSA) is 147 Å². The van der Waals surface area contributed by atoms with E-state index in [1.807, 2.05) is 118 Å². The summed E-state index contributed by atoms with van der Waals surface area (Å²) in [5.41, 5.74) is 5.70. The van der Waals surface area contributed by atoms with E-state index < -0.39 is 24.3 Å². The minimum atomic E-state index is -0.998. The van der Waals surface area contributed by atoms with Gasteiger partial charge in [0, 0.05) is 30.1 Å². The van der Waals surface area contributed by atoms with E-state index in [9.17, 15) is 24.3 Å². The molecule has 0 bridgehead atoms. The van der Waals surface area contributed by atoms with Gasteiger partial charge >= 0.3 is 6.09 Å². The van der Waals surface area contributed by atoms with Crippen LogP contribution in [0.2, 0.25) is 0 Å². The third-order valence-corrected chi connectivity index (χ3v) is 12.8. The lowest BCUT2D eigenvalue weighted by molar-refractivity contribution is -0.255. The van der Waals surface area contributed by atoms with Crippen molar-refractivity contribution in [3.05, 3.63) is 131 Å². The molecule has 0 aromatic heterocycles. The van der Waals surface area contributed by atoms with Crippen LogP contribution >= 0.6 is 0 Å². The summed E-state index contributed by atoms with van der Waals surface area (Å²) in [5, 5.41) is 15.6. The second-order valence-corrected chi connectivity index (χ2v) is 18.6. The van der Waals surface area contributed by atoms with Crippen molar-refractivity contribution < 1.29 is 38.5 Å². The van der Waals surface area contributed by atoms with Crippen LogP contribution < -0.4 is 10.6 Å². The Labute approximate surface area is 370 Å². The molecule has 1 aliphatic carbocycles. The fourth-order valence-electron chi connectivity index (χ4n) is 9.76. The third-order valence-electron chi connectivity index (χ3n) is 12.8. The van der Waals surface area contributed by atoms with E-state index in [1.165, 1.54) is 17.7 Å². The molecule has 4 fully saturated rings. The standard InChI is InChI=1S/C51H60N4O8/c1-51(2,3)53-47(58)44-24-23-36-14-7-8-18-43(36)54(44)30-41-27-45(37-21-19-33(31-56)20-22-37)63-49(62-41)40-17-10-16-39(26-40)38-15-9-13-35(25-38)29-55-46(57)28-42(48(55)59)52-50(60)61-32-34-11-5-4-6-12-34/h4-6,9-13,15-17,19-22,25-26,36,41-45,49,56H,7-8,14,18,23-24,27-32H2,1-3H3,(H,52,60)(H,53,58). The third kappa shape index (κ3) is 10.9. The van der Waals surface area contributed by atoms with E-state index in [0.717, 1.165) is 64.6 Å². The Bertz CT molecular complexity index is 2240. The summed E-state index contributed by atoms with van der Waals surface area (Å²) in [4.78, 5) is 56.5. The maximum absolute atomic E-state index is 13.9. The highest BCUT2D eigenvalue weighted by Crippen LogP contribution is 2.42. The van der Waals surface area contributed by atoms with Gasteiger partial charge in [0.05, 0.1) is 37.8 Å². The number of imide groups is 1. The van der Waals surface area contributed by atoms with Gasteiger partial charge < -0.3 is 30.0 Å². The molecule has 4 amide bonds. The summed E-state index contributed by atoms with van der Waals surface area (Å²) in [5.74, 6) is -0.200. The molecule has 4 aliphatic rings. The van der Waals surface area contributed by atoms with Gasteiger partial charge in [0.25, 0.3) is 5.91 Å². The lowest BCUT2D eigenvalue weighted by Crippen LogP contribution is -2.61. The smallest absolute Gasteiger partial charge is 0.408 e. The maximum atomic E-state index is 13.9. The highest BCUT2D eigenvalue weighted by atomic mass is 16.7. The monoisotopic (exact) mass is 856 g/mol. The second kappa shape index (κ2) is 19.6. The van der Waals surface area contributed by atoms with Crippen molar-refractivity contribution in [3.63, 3.8) is 0 Å². The van der Waals surface area contributed by atoms with E-state index in [-0.39, 0.29) is 61.8 Å². The Hall–Kier alpha value is -5.40. The molecule has 3 saturated heterocycles. The quantitative estimate of drug-likeness (QED) is 0.121. The molecule has 7 atom stereocenters. The highest BCUT2D eigenvalue weighted by molar-refractivity contribution is 6.06. The van der Waals surface area contributed by atoms with Crippen LogP contribution in [0.1, 0.15) is 112 Å². The zero-order valence-electron chi connectivity index (χ0n) is 36.5. The first-order valence-electron chi connectivity index (χ1n) is 22.5. The molecule has 7 unspecified atom stereocenters. The Morgan fingerprint density at radius 1 is 0.794 bits per heavy atom. The van der Waals surface area contributed by atoms with Gasteiger partial charge in [-0.2, -0.15) is 0 Å². The molecular formula is C51H60N4O8. The second-order valence-electron chi connectivity index (χ2n) is 18.6. The van der Waals surface area contributed by atoms with Crippen molar-refractivity contribution in [2.75, 3.05) is 6.54 Å². The number of hydrogen-bond donors (Lipinski definition) is 3. The molecule has 12 heteroatoms. The first-order chi connectivity index (χ1) is 30.4. The van der Waals surface area contributed by atoms with Crippen LogP contribution in [0.15, 0.2) is 103 Å². The van der Waals surface area contributed by atoms with Gasteiger partial charge in [-0.1, -0.05) is 104 Å². The number of ether oxygens (including phenoxy) is 3. The van der Waals surface area contributed by atoms with Crippen LogP contribution in [0.5, 0.6) is 0 Å². The Morgan fingerprint density at radius 2 is 1.52 bits per heavy atom. The molecule has 3 aliphatic heterocycles. The molecule has 3 heterocycles. The van der Waals surface area contributed by atoms with Gasteiger partial charge in [-0.15, -0.1) is 0 Å². The molecule has 0 spiro atoms. The number of fused-ring (bicyclic) bond motifs is 1. The summed E-state index contributed by atoms with van der Waals surface area (Å²) in [6.45, 7) is 6.77. The number of hydrogen-bond acceptors (Lipinski definition) is 9. The van der Waals surface area contributed by atoms with E-state index >= 15 is 0 Å². The van der Waals surface area contributed by atoms with Gasteiger partial charge in [-0.05, 0) is 97.9 Å². The highest BCUT2D eigenvalue weighted by Gasteiger charge is 2.44. The summed E-state index contributed by atoms with van der Waals surface area (Å²) in [7, 11) is 0. The number of piperidine rings is 1. The lowest BCUT2D eigenvalue weighted by atomic mass is 9.75. The summed E-state index contributed by atoms with van der Waals surface area (Å²) >= 11 is 0. The van der Waals surface area contributed by atoms with E-state index in [4.69, 9.17) is 14.2 Å². The zero-order valence-corrected chi connectivity index (χ0v) is 36.5. The molecule has 8 rings (SSSR count). The number of carbonyl (C=O) groups excluding carboxylic acids is 4. The number of nitrogens with zero attached hydrogens (tertiary/aromatic N) is 2. The lowest BCUT2D eigenvalue weighted by Gasteiger charge is -2.50. The Kier molecular flexibility index (Phi) is 13.7. The SMILES string of the molecule is CC(C)(C)NC(=O)C1CCC2CCCCC2N1CC1CC(c2ccc(CO)cc2)OC(c2cccc(-c3cccc(CN4C(=O)CC(NC(=O)OCc5ccccc5)C4=O)c3)c2)O1. The van der Waals surface area contributed by atoms with Crippen molar-refractivity contribution in [3.8, 4) is 11.1 Å². The first-order valence-corrected chi connectivity index (χ1v) is 22.5. The maximum Gasteiger partial charge on any atom is 0.408 e. The fourth-order valence-corrected chi connectivity index (χ4v) is 9.76. The molecule has 4 aromatic carbocycles. The summed E-state index contributed by atoms with van der Waals surface area (Å²) < 4.78 is 19.0. The first kappa shape index (κ1) is 44.2. The normalized spacial score (nSPS) is 25.3. The van der Waals surface area contributed by atoms with Crippen LogP contribution in [0.4, 0.5) is 4.79 Å². The van der Waals surface area contributed by atoms with Crippen LogP contribution in [0.25, 0.3) is 11.1 Å². The number of nitrogens with one attached hydrogen (secondary N) is 2. The number of benzene rings is 4. The predicted octanol–water partition coefficient (Wildman–Crippen LogP) is 7.88. The van der Waals surface area contributed by atoms with E-state index in [0.29, 0.717) is 24.9 Å². The largest absolute Gasteiger partial charge is 0.445 e. The van der Waals surface area contributed by atoms with Crippen LogP contribution in [0.3, 0.4) is 0 Å². The number of aliphatic hydroxyl groups is 1. The van der Waals surface area contributed by atoms with Gasteiger partial charge in [0.1, 0.15) is 12.6 Å². The molecule has 1 saturated carbocycles. The van der Waals surface area contributed by atoms with Gasteiger partial charge in [0.15, 0.2) is 6.29 Å². The molecule has 4 aromatic rings. The Morgan fingerprint density at radius 3 is 2.29 bits per heavy atom. The number of alkyl carbamates (subject to hydrolysis) is 1. The van der Waals surface area contributed by atoms with E-state index in [1.54, 1.807) is 0 Å². The number of amides is 4. The van der Waals surface area contributed by atoms with Crippen molar-refractivity contribution in [1.29, 1.82) is 0 Å². The summed E-state index contributed by atoms with van der Waals surface area (Å²) in [6.07, 6.45) is 5.02. The molecule has 12 nitrogen and oxygen atoms in total. The minimum Gasteiger partial charge on any atom is -0.445 e. The number of aliphatic hydroxyl groups excluding tert-OH is 1. The van der Waals surface area contributed by atoms with Crippen LogP contribution in [0, 0.1) is 5.92 Å². The number of likely N-dealkylation sites (tertiary alicyclic amines) is 2. The van der Waals surface area contributed by atoms with Crippen molar-refractivity contribution in [1.82, 2.24) is 20.4 Å². The molecule has 3 N–H and O–H groups in total. The van der Waals surface area contributed by atoms with E-state index in [2.05, 4.69) is 21.6 Å².